The summed E-state index contributed by atoms with van der Waals surface area (Å²) in [6, 6.07) is 0. The summed E-state index contributed by atoms with van der Waals surface area (Å²) in [6.07, 6.45) is 10.4. The number of rotatable bonds is 3. The minimum absolute atomic E-state index is 0.138. The van der Waals surface area contributed by atoms with E-state index >= 15 is 0 Å². The summed E-state index contributed by atoms with van der Waals surface area (Å²) >= 11 is 0. The first-order chi connectivity index (χ1) is 12.8. The Hall–Kier alpha value is -1.16. The molecule has 4 saturated carbocycles. The highest BCUT2D eigenvalue weighted by Gasteiger charge is 2.61. The summed E-state index contributed by atoms with van der Waals surface area (Å²) < 4.78 is 0. The van der Waals surface area contributed by atoms with Crippen LogP contribution in [0, 0.1) is 34.5 Å². The summed E-state index contributed by atoms with van der Waals surface area (Å²) in [6.45, 7) is 4.58. The molecule has 0 aromatic heterocycles. The molecule has 4 rings (SSSR count). The molecule has 7 atom stereocenters. The number of aliphatic hydroxyl groups is 1. The normalized spacial score (nSPS) is 48.0. The minimum Gasteiger partial charge on any atom is -0.481 e. The Morgan fingerprint density at radius 1 is 1.15 bits per heavy atom. The third-order valence-corrected chi connectivity index (χ3v) is 9.08. The second-order valence-corrected chi connectivity index (χ2v) is 10.2. The van der Waals surface area contributed by atoms with E-state index in [2.05, 4.69) is 19.9 Å². The molecule has 150 valence electrons. The Bertz CT molecular complexity index is 667. The zero-order chi connectivity index (χ0) is 19.4. The molecule has 4 aliphatic carbocycles. The van der Waals surface area contributed by atoms with Gasteiger partial charge in [-0.3, -0.25) is 9.59 Å². The van der Waals surface area contributed by atoms with Crippen LogP contribution in [0.2, 0.25) is 0 Å². The van der Waals surface area contributed by atoms with Crippen molar-refractivity contribution in [3.63, 3.8) is 0 Å². The van der Waals surface area contributed by atoms with Gasteiger partial charge < -0.3 is 10.2 Å². The molecule has 0 spiro atoms. The first-order valence-electron chi connectivity index (χ1n) is 10.9. The number of aliphatic carboxylic acids is 1. The van der Waals surface area contributed by atoms with E-state index in [1.807, 2.05) is 0 Å². The van der Waals surface area contributed by atoms with E-state index in [0.29, 0.717) is 30.0 Å². The van der Waals surface area contributed by atoms with Gasteiger partial charge >= 0.3 is 5.97 Å². The first-order valence-corrected chi connectivity index (χ1v) is 10.9. The van der Waals surface area contributed by atoms with Crippen LogP contribution in [0.3, 0.4) is 0 Å². The average Bonchev–Trinajstić information content (AvgIpc) is 2.91. The number of Topliss-reactive ketones (excluding diaryl/α,β-unsaturated/α-hetero) is 1. The molecular formula is C23H34O4. The molecule has 0 aliphatic heterocycles. The summed E-state index contributed by atoms with van der Waals surface area (Å²) in [4.78, 5) is 23.3. The maximum absolute atomic E-state index is 12.5. The number of carbonyl (C=O) groups excluding carboxylic acids is 1. The smallest absolute Gasteiger partial charge is 0.303 e. The lowest BCUT2D eigenvalue weighted by molar-refractivity contribution is -0.155. The van der Waals surface area contributed by atoms with Crippen molar-refractivity contribution >= 4 is 11.8 Å². The van der Waals surface area contributed by atoms with Crippen LogP contribution in [0.25, 0.3) is 0 Å². The molecule has 27 heavy (non-hydrogen) atoms. The van der Waals surface area contributed by atoms with E-state index in [4.69, 9.17) is 5.11 Å². The van der Waals surface area contributed by atoms with Gasteiger partial charge in [0.05, 0.1) is 6.10 Å². The van der Waals surface area contributed by atoms with Gasteiger partial charge in [-0.25, -0.2) is 0 Å². The van der Waals surface area contributed by atoms with Crippen LogP contribution in [0.15, 0.2) is 11.6 Å². The molecule has 0 amide bonds. The molecule has 0 heterocycles. The van der Waals surface area contributed by atoms with Crippen molar-refractivity contribution in [2.75, 3.05) is 0 Å². The Kier molecular flexibility index (Phi) is 4.77. The number of aliphatic hydroxyl groups excluding tert-OH is 1. The fraction of sp³-hybridized carbons (Fsp3) is 0.826. The van der Waals surface area contributed by atoms with Crippen molar-refractivity contribution in [1.29, 1.82) is 0 Å². The van der Waals surface area contributed by atoms with Crippen LogP contribution in [-0.4, -0.2) is 28.1 Å². The zero-order valence-corrected chi connectivity index (χ0v) is 16.7. The van der Waals surface area contributed by atoms with E-state index in [0.717, 1.165) is 51.4 Å². The topological polar surface area (TPSA) is 74.6 Å². The quantitative estimate of drug-likeness (QED) is 0.720. The van der Waals surface area contributed by atoms with Crippen LogP contribution in [0.5, 0.6) is 0 Å². The van der Waals surface area contributed by atoms with Crippen molar-refractivity contribution in [3.8, 4) is 0 Å². The van der Waals surface area contributed by atoms with E-state index in [-0.39, 0.29) is 29.3 Å². The number of hydrogen-bond acceptors (Lipinski definition) is 3. The van der Waals surface area contributed by atoms with Crippen LogP contribution in [-0.2, 0) is 9.59 Å². The monoisotopic (exact) mass is 374 g/mol. The Morgan fingerprint density at radius 2 is 1.93 bits per heavy atom. The van der Waals surface area contributed by atoms with Crippen LogP contribution in [0.4, 0.5) is 0 Å². The first kappa shape index (κ1) is 19.2. The second kappa shape index (κ2) is 6.72. The lowest BCUT2D eigenvalue weighted by Gasteiger charge is -2.61. The van der Waals surface area contributed by atoms with Crippen molar-refractivity contribution in [3.05, 3.63) is 11.6 Å². The minimum atomic E-state index is -0.746. The molecule has 4 fully saturated rings. The van der Waals surface area contributed by atoms with Gasteiger partial charge in [0.15, 0.2) is 0 Å². The highest BCUT2D eigenvalue weighted by molar-refractivity contribution is 5.87. The molecule has 4 unspecified atom stereocenters. The van der Waals surface area contributed by atoms with E-state index in [1.54, 1.807) is 0 Å². The lowest BCUT2D eigenvalue weighted by atomic mass is 9.44. The van der Waals surface area contributed by atoms with Crippen LogP contribution >= 0.6 is 0 Å². The highest BCUT2D eigenvalue weighted by atomic mass is 16.4. The summed E-state index contributed by atoms with van der Waals surface area (Å²) in [5, 5.41) is 20.0. The molecule has 0 saturated heterocycles. The number of allylic oxidation sites excluding steroid dienone is 2. The molecule has 4 nitrogen and oxygen atoms in total. The van der Waals surface area contributed by atoms with Gasteiger partial charge in [0.2, 0.25) is 0 Å². The molecule has 4 aliphatic rings. The predicted molar refractivity (Wildman–Crippen MR) is 103 cm³/mol. The summed E-state index contributed by atoms with van der Waals surface area (Å²) in [5.41, 5.74) is 1.35. The van der Waals surface area contributed by atoms with Gasteiger partial charge in [-0.15, -0.1) is 0 Å². The third-order valence-electron chi connectivity index (χ3n) is 9.08. The largest absolute Gasteiger partial charge is 0.481 e. The number of carboxylic acid groups (broad SMARTS) is 1. The van der Waals surface area contributed by atoms with Gasteiger partial charge in [-0.2, -0.15) is 0 Å². The maximum Gasteiger partial charge on any atom is 0.303 e. The number of carbonyl (C=O) groups is 2. The molecular weight excluding hydrogens is 340 g/mol. The second-order valence-electron chi connectivity index (χ2n) is 10.2. The van der Waals surface area contributed by atoms with Gasteiger partial charge in [0.25, 0.3) is 0 Å². The van der Waals surface area contributed by atoms with Gasteiger partial charge in [-0.05, 0) is 80.5 Å². The SMILES string of the molecule is C[C@]12CC/C(=C/CCC(=O)O)CC1[C@@H](O)CC1C2CC[C@]2(C)C(=O)CCC12. The number of ketones is 1. The van der Waals surface area contributed by atoms with Gasteiger partial charge in [0.1, 0.15) is 5.78 Å². The molecule has 4 heteroatoms. The molecule has 2 N–H and O–H groups in total. The summed E-state index contributed by atoms with van der Waals surface area (Å²) in [7, 11) is 0. The molecule has 0 bridgehead atoms. The average molecular weight is 375 g/mol. The standard InChI is InChI=1S/C23H34O4/c1-22-10-8-14(4-3-5-21(26)27)12-18(22)19(24)13-15-16-6-7-20(25)23(16,2)11-9-17(15)22/h4,15-19,24H,3,5-13H2,1-2H3,(H,26,27)/b14-4-/t15?,16?,17?,18?,19-,22+,23-/m0/s1. The van der Waals surface area contributed by atoms with Crippen molar-refractivity contribution in [2.24, 2.45) is 34.5 Å². The zero-order valence-electron chi connectivity index (χ0n) is 16.7. The third kappa shape index (κ3) is 2.99. The Balaban J connectivity index is 1.54. The van der Waals surface area contributed by atoms with Crippen molar-refractivity contribution in [2.45, 2.75) is 84.2 Å². The van der Waals surface area contributed by atoms with E-state index in [9.17, 15) is 14.7 Å². The maximum atomic E-state index is 12.5. The Labute approximate surface area is 162 Å². The van der Waals surface area contributed by atoms with Crippen molar-refractivity contribution in [1.82, 2.24) is 0 Å². The molecule has 0 aromatic carbocycles. The number of fused-ring (bicyclic) bond motifs is 5. The van der Waals surface area contributed by atoms with Gasteiger partial charge in [-0.1, -0.05) is 25.5 Å². The van der Waals surface area contributed by atoms with E-state index in [1.165, 1.54) is 5.57 Å². The molecule has 0 aromatic rings. The van der Waals surface area contributed by atoms with E-state index < -0.39 is 5.97 Å². The predicted octanol–water partition coefficient (Wildman–Crippen LogP) is 4.36. The molecule has 0 radical (unpaired) electrons. The lowest BCUT2D eigenvalue weighted by Crippen LogP contribution is -2.57. The van der Waals surface area contributed by atoms with Crippen LogP contribution < -0.4 is 0 Å². The number of carboxylic acids is 1. The van der Waals surface area contributed by atoms with Gasteiger partial charge in [0, 0.05) is 18.3 Å². The fourth-order valence-electron chi connectivity index (χ4n) is 7.50. The summed E-state index contributed by atoms with van der Waals surface area (Å²) in [5.74, 6) is 1.57. The van der Waals surface area contributed by atoms with Crippen LogP contribution in [0.1, 0.15) is 78.1 Å². The highest BCUT2D eigenvalue weighted by Crippen LogP contribution is 2.65. The fourth-order valence-corrected chi connectivity index (χ4v) is 7.50. The Morgan fingerprint density at radius 3 is 2.67 bits per heavy atom. The number of hydrogen-bond donors (Lipinski definition) is 2. The van der Waals surface area contributed by atoms with Crippen molar-refractivity contribution < 1.29 is 19.8 Å².